The maximum Gasteiger partial charge on any atom is 0.325 e. The summed E-state index contributed by atoms with van der Waals surface area (Å²) >= 11 is 2.20. The third-order valence-electron chi connectivity index (χ3n) is 6.12. The summed E-state index contributed by atoms with van der Waals surface area (Å²) in [5.41, 5.74) is 9.09. The van der Waals surface area contributed by atoms with Crippen LogP contribution in [-0.2, 0) is 43.4 Å². The largest absolute Gasteiger partial charge is 0.460 e. The first-order chi connectivity index (χ1) is 19.9. The summed E-state index contributed by atoms with van der Waals surface area (Å²) in [4.78, 5) is 50.0. The van der Waals surface area contributed by atoms with Crippen molar-refractivity contribution >= 4 is 45.6 Å². The lowest BCUT2D eigenvalue weighted by Crippen LogP contribution is -2.37. The van der Waals surface area contributed by atoms with Gasteiger partial charge in [-0.3, -0.25) is 19.2 Å². The number of esters is 1. The minimum atomic E-state index is -0.538. The molecule has 0 saturated heterocycles. The van der Waals surface area contributed by atoms with Crippen molar-refractivity contribution in [2.75, 3.05) is 18.1 Å². The maximum atomic E-state index is 13.0. The van der Waals surface area contributed by atoms with Gasteiger partial charge in [0.15, 0.2) is 10.2 Å². The lowest BCUT2D eigenvalue weighted by Gasteiger charge is -2.16. The molecule has 0 bridgehead atoms. The molecule has 216 valence electrons. The Morgan fingerprint density at radius 2 is 1.17 bits per heavy atom. The number of nitrogens with one attached hydrogen (secondary N) is 1. The van der Waals surface area contributed by atoms with E-state index < -0.39 is 11.9 Å². The van der Waals surface area contributed by atoms with Gasteiger partial charge in [0.2, 0.25) is 5.91 Å². The molecule has 2 atom stereocenters. The fourth-order valence-corrected chi connectivity index (χ4v) is 5.60. The molecule has 3 aromatic rings. The molecule has 0 saturated carbocycles. The number of nitrogens with two attached hydrogens (primary N) is 1. The molecular formula is C32H36N2O5S2. The molecule has 0 aliphatic carbocycles. The van der Waals surface area contributed by atoms with E-state index in [0.717, 1.165) is 40.2 Å². The Kier molecular flexibility index (Phi) is 14.2. The average molecular weight is 593 g/mol. The zero-order valence-corrected chi connectivity index (χ0v) is 24.5. The third kappa shape index (κ3) is 13.2. The number of carbonyl (C=O) groups is 4. The predicted molar refractivity (Wildman–Crippen MR) is 165 cm³/mol. The van der Waals surface area contributed by atoms with Gasteiger partial charge in [-0.05, 0) is 29.5 Å². The number of hydrogen-bond donors (Lipinski definition) is 2. The van der Waals surface area contributed by atoms with E-state index in [9.17, 15) is 19.2 Å². The van der Waals surface area contributed by atoms with E-state index in [1.54, 1.807) is 0 Å². The van der Waals surface area contributed by atoms with Gasteiger partial charge in [0.25, 0.3) is 0 Å². The van der Waals surface area contributed by atoms with Gasteiger partial charge in [-0.15, -0.1) is 0 Å². The fourth-order valence-electron chi connectivity index (χ4n) is 3.94. The monoisotopic (exact) mass is 592 g/mol. The van der Waals surface area contributed by atoms with E-state index in [1.165, 1.54) is 0 Å². The van der Waals surface area contributed by atoms with Crippen LogP contribution in [0, 0.1) is 5.92 Å². The number of hydrogen-bond acceptors (Lipinski definition) is 8. The highest BCUT2D eigenvalue weighted by molar-refractivity contribution is 8.14. The molecule has 0 aromatic heterocycles. The van der Waals surface area contributed by atoms with Gasteiger partial charge in [0.05, 0.1) is 5.92 Å². The highest BCUT2D eigenvalue weighted by Gasteiger charge is 2.22. The number of carbonyl (C=O) groups excluding carboxylic acids is 4. The van der Waals surface area contributed by atoms with Crippen molar-refractivity contribution in [3.63, 3.8) is 0 Å². The average Bonchev–Trinajstić information content (AvgIpc) is 3.00. The van der Waals surface area contributed by atoms with Crippen LogP contribution in [0.1, 0.15) is 29.5 Å². The predicted octanol–water partition coefficient (Wildman–Crippen LogP) is 4.57. The van der Waals surface area contributed by atoms with Crippen molar-refractivity contribution in [2.45, 2.75) is 38.3 Å². The Morgan fingerprint density at radius 1 is 0.683 bits per heavy atom. The molecule has 3 rings (SSSR count). The van der Waals surface area contributed by atoms with Crippen LogP contribution < -0.4 is 11.1 Å². The van der Waals surface area contributed by atoms with E-state index in [2.05, 4.69) is 5.32 Å². The molecule has 0 spiro atoms. The van der Waals surface area contributed by atoms with E-state index in [-0.39, 0.29) is 53.9 Å². The lowest BCUT2D eigenvalue weighted by molar-refractivity contribution is -0.145. The van der Waals surface area contributed by atoms with Gasteiger partial charge in [-0.1, -0.05) is 115 Å². The van der Waals surface area contributed by atoms with Crippen molar-refractivity contribution in [1.29, 1.82) is 0 Å². The van der Waals surface area contributed by atoms with Gasteiger partial charge in [0.1, 0.15) is 13.2 Å². The van der Waals surface area contributed by atoms with Gasteiger partial charge in [0, 0.05) is 30.4 Å². The standard InChI is InChI=1S/C32H36N2O5S2/c33-28(19-25-12-6-2-7-13-25)23-41-31(37)17-16-30(36)40-22-27(18-24-10-4-1-5-11-24)32(38)34-20-29(35)39-21-26-14-8-3-9-15-26/h1-15,27-28H,16-23,33H2,(H,34,38)/t27?,28-/m0/s1. The minimum Gasteiger partial charge on any atom is -0.460 e. The first kappa shape index (κ1) is 32.1. The smallest absolute Gasteiger partial charge is 0.325 e. The molecule has 0 aliphatic rings. The van der Waals surface area contributed by atoms with Gasteiger partial charge in [-0.25, -0.2) is 0 Å². The summed E-state index contributed by atoms with van der Waals surface area (Å²) in [5, 5.41) is 2.42. The molecule has 41 heavy (non-hydrogen) atoms. The number of ether oxygens (including phenoxy) is 1. The normalized spacial score (nSPS) is 12.2. The Bertz CT molecular complexity index is 1240. The molecule has 1 amide bonds. The van der Waals surface area contributed by atoms with Crippen molar-refractivity contribution in [3.8, 4) is 0 Å². The first-order valence-electron chi connectivity index (χ1n) is 13.5. The topological polar surface area (TPSA) is 116 Å². The second-order valence-electron chi connectivity index (χ2n) is 9.57. The molecule has 0 fully saturated rings. The summed E-state index contributed by atoms with van der Waals surface area (Å²) in [6, 6.07) is 28.5. The number of thioether (sulfide) groups is 2. The Morgan fingerprint density at radius 3 is 1.73 bits per heavy atom. The van der Waals surface area contributed by atoms with Crippen molar-refractivity contribution in [1.82, 2.24) is 5.32 Å². The van der Waals surface area contributed by atoms with Crippen LogP contribution in [-0.4, -0.2) is 46.2 Å². The number of rotatable bonds is 16. The minimum absolute atomic E-state index is 0.0740. The number of benzene rings is 3. The summed E-state index contributed by atoms with van der Waals surface area (Å²) in [5.74, 6) is -0.674. The Hall–Kier alpha value is -3.40. The Labute approximate surface area is 250 Å². The summed E-state index contributed by atoms with van der Waals surface area (Å²) in [7, 11) is 0. The van der Waals surface area contributed by atoms with E-state index in [1.807, 2.05) is 91.0 Å². The molecule has 3 aromatic carbocycles. The van der Waals surface area contributed by atoms with Crippen LogP contribution in [0.5, 0.6) is 0 Å². The zero-order chi connectivity index (χ0) is 29.3. The summed E-state index contributed by atoms with van der Waals surface area (Å²) < 4.78 is 5.24. The summed E-state index contributed by atoms with van der Waals surface area (Å²) in [6.07, 6.45) is 1.32. The van der Waals surface area contributed by atoms with E-state index in [0.29, 0.717) is 18.6 Å². The molecule has 7 nitrogen and oxygen atoms in total. The van der Waals surface area contributed by atoms with Crippen LogP contribution in [0.25, 0.3) is 0 Å². The Balaban J connectivity index is 1.40. The van der Waals surface area contributed by atoms with Gasteiger partial charge >= 0.3 is 5.97 Å². The maximum absolute atomic E-state index is 13.0. The highest BCUT2D eigenvalue weighted by Crippen LogP contribution is 2.19. The van der Waals surface area contributed by atoms with E-state index in [4.69, 9.17) is 10.5 Å². The van der Waals surface area contributed by atoms with Crippen LogP contribution in [0.15, 0.2) is 91.0 Å². The SMILES string of the molecule is N[C@H](CSC(=O)CCC(=O)SCC(Cc1ccccc1)C(=O)NCC(=O)OCc1ccccc1)Cc1ccccc1. The molecule has 9 heteroatoms. The van der Waals surface area contributed by atoms with Crippen LogP contribution in [0.4, 0.5) is 0 Å². The first-order valence-corrected chi connectivity index (χ1v) is 15.5. The van der Waals surface area contributed by atoms with Crippen LogP contribution in [0.3, 0.4) is 0 Å². The zero-order valence-electron chi connectivity index (χ0n) is 22.9. The second-order valence-corrected chi connectivity index (χ2v) is 11.7. The molecule has 1 unspecified atom stereocenters. The lowest BCUT2D eigenvalue weighted by atomic mass is 10.0. The van der Waals surface area contributed by atoms with Crippen LogP contribution in [0.2, 0.25) is 0 Å². The van der Waals surface area contributed by atoms with E-state index >= 15 is 0 Å². The van der Waals surface area contributed by atoms with Crippen LogP contribution >= 0.6 is 23.5 Å². The summed E-state index contributed by atoms with van der Waals surface area (Å²) in [6.45, 7) is -0.128. The second kappa shape index (κ2) is 18.1. The van der Waals surface area contributed by atoms with Gasteiger partial charge < -0.3 is 15.8 Å². The van der Waals surface area contributed by atoms with Crippen molar-refractivity contribution < 1.29 is 23.9 Å². The molecule has 0 heterocycles. The molecule has 0 radical (unpaired) electrons. The van der Waals surface area contributed by atoms with Gasteiger partial charge in [-0.2, -0.15) is 0 Å². The highest BCUT2D eigenvalue weighted by atomic mass is 32.2. The molecule has 3 N–H and O–H groups in total. The van der Waals surface area contributed by atoms with Crippen molar-refractivity contribution in [3.05, 3.63) is 108 Å². The fraction of sp³-hybridized carbons (Fsp3) is 0.312. The number of amides is 1. The quantitative estimate of drug-likeness (QED) is 0.233. The van der Waals surface area contributed by atoms with Crippen molar-refractivity contribution in [2.24, 2.45) is 11.7 Å². The molecule has 0 aliphatic heterocycles. The molecular weight excluding hydrogens is 556 g/mol. The third-order valence-corrected chi connectivity index (χ3v) is 8.34.